The average Bonchev–Trinajstić information content (AvgIpc) is 2.37. The zero-order chi connectivity index (χ0) is 13.5. The molecule has 1 aromatic rings. The van der Waals surface area contributed by atoms with Gasteiger partial charge in [0.2, 0.25) is 0 Å². The molecule has 3 nitrogen and oxygen atoms in total. The third-order valence-corrected chi connectivity index (χ3v) is 3.35. The maximum atomic E-state index is 11.3. The lowest BCUT2D eigenvalue weighted by Crippen LogP contribution is -2.19. The second-order valence-corrected chi connectivity index (χ2v) is 4.84. The standard InChI is InChI=1S/C15H22O3/c1-4-11(2)8-13(15(16)17)9-12-6-5-7-14(10-12)18-3/h5-7,10-11,13H,4,8-9H2,1-3H3,(H,16,17). The van der Waals surface area contributed by atoms with E-state index in [1.807, 2.05) is 24.3 Å². The Morgan fingerprint density at radius 3 is 2.72 bits per heavy atom. The molecule has 0 saturated carbocycles. The van der Waals surface area contributed by atoms with Crippen molar-refractivity contribution in [3.05, 3.63) is 29.8 Å². The molecule has 0 amide bonds. The third-order valence-electron chi connectivity index (χ3n) is 3.35. The van der Waals surface area contributed by atoms with E-state index >= 15 is 0 Å². The second kappa shape index (κ2) is 7.04. The highest BCUT2D eigenvalue weighted by molar-refractivity contribution is 5.70. The number of aliphatic carboxylic acids is 1. The number of hydrogen-bond acceptors (Lipinski definition) is 2. The highest BCUT2D eigenvalue weighted by atomic mass is 16.5. The number of methoxy groups -OCH3 is 1. The maximum absolute atomic E-state index is 11.3. The number of carboxylic acid groups (broad SMARTS) is 1. The van der Waals surface area contributed by atoms with Crippen LogP contribution < -0.4 is 4.74 Å². The Morgan fingerprint density at radius 2 is 2.17 bits per heavy atom. The van der Waals surface area contributed by atoms with Crippen molar-refractivity contribution in [2.45, 2.75) is 33.1 Å². The average molecular weight is 250 g/mol. The first-order chi connectivity index (χ1) is 8.56. The van der Waals surface area contributed by atoms with Crippen LogP contribution in [0.2, 0.25) is 0 Å². The monoisotopic (exact) mass is 250 g/mol. The summed E-state index contributed by atoms with van der Waals surface area (Å²) in [4.78, 5) is 11.3. The number of hydrogen-bond donors (Lipinski definition) is 1. The molecule has 2 unspecified atom stereocenters. The predicted octanol–water partition coefficient (Wildman–Crippen LogP) is 3.37. The summed E-state index contributed by atoms with van der Waals surface area (Å²) in [6.45, 7) is 4.19. The smallest absolute Gasteiger partial charge is 0.306 e. The number of ether oxygens (including phenoxy) is 1. The molecule has 3 heteroatoms. The van der Waals surface area contributed by atoms with Crippen molar-refractivity contribution < 1.29 is 14.6 Å². The first kappa shape index (κ1) is 14.6. The van der Waals surface area contributed by atoms with Crippen LogP contribution in [0.25, 0.3) is 0 Å². The predicted molar refractivity (Wildman–Crippen MR) is 71.9 cm³/mol. The summed E-state index contributed by atoms with van der Waals surface area (Å²) in [6.07, 6.45) is 2.31. The van der Waals surface area contributed by atoms with Gasteiger partial charge in [-0.2, -0.15) is 0 Å². The molecule has 0 heterocycles. The molecule has 0 bridgehead atoms. The summed E-state index contributed by atoms with van der Waals surface area (Å²) >= 11 is 0. The van der Waals surface area contributed by atoms with Crippen molar-refractivity contribution in [3.63, 3.8) is 0 Å². The normalized spacial score (nSPS) is 13.9. The lowest BCUT2D eigenvalue weighted by atomic mass is 9.89. The fourth-order valence-electron chi connectivity index (χ4n) is 2.01. The van der Waals surface area contributed by atoms with Crippen LogP contribution in [0, 0.1) is 11.8 Å². The fourth-order valence-corrected chi connectivity index (χ4v) is 2.01. The number of carbonyl (C=O) groups is 1. The van der Waals surface area contributed by atoms with Gasteiger partial charge in [0.05, 0.1) is 13.0 Å². The van der Waals surface area contributed by atoms with Gasteiger partial charge in [-0.3, -0.25) is 4.79 Å². The minimum Gasteiger partial charge on any atom is -0.497 e. The third kappa shape index (κ3) is 4.40. The van der Waals surface area contributed by atoms with Gasteiger partial charge >= 0.3 is 5.97 Å². The Hall–Kier alpha value is -1.51. The molecule has 100 valence electrons. The van der Waals surface area contributed by atoms with Crippen LogP contribution in [0.4, 0.5) is 0 Å². The van der Waals surface area contributed by atoms with Gasteiger partial charge in [-0.05, 0) is 36.5 Å². The molecule has 2 atom stereocenters. The first-order valence-corrected chi connectivity index (χ1v) is 6.42. The van der Waals surface area contributed by atoms with Gasteiger partial charge < -0.3 is 9.84 Å². The Kier molecular flexibility index (Phi) is 5.69. The summed E-state index contributed by atoms with van der Waals surface area (Å²) in [5.41, 5.74) is 1.02. The minimum atomic E-state index is -0.710. The van der Waals surface area contributed by atoms with Gasteiger partial charge in [0.25, 0.3) is 0 Å². The van der Waals surface area contributed by atoms with Crippen molar-refractivity contribution in [2.24, 2.45) is 11.8 Å². The molecule has 0 saturated heterocycles. The van der Waals surface area contributed by atoms with Crippen molar-refractivity contribution in [1.82, 2.24) is 0 Å². The van der Waals surface area contributed by atoms with Crippen LogP contribution in [-0.2, 0) is 11.2 Å². The van der Waals surface area contributed by atoms with Crippen LogP contribution in [0.5, 0.6) is 5.75 Å². The van der Waals surface area contributed by atoms with E-state index in [-0.39, 0.29) is 5.92 Å². The lowest BCUT2D eigenvalue weighted by Gasteiger charge is -2.16. The second-order valence-electron chi connectivity index (χ2n) is 4.84. The summed E-state index contributed by atoms with van der Waals surface area (Å²) in [6, 6.07) is 7.63. The van der Waals surface area contributed by atoms with Gasteiger partial charge in [-0.25, -0.2) is 0 Å². The van der Waals surface area contributed by atoms with Crippen LogP contribution in [0.3, 0.4) is 0 Å². The van der Waals surface area contributed by atoms with E-state index in [1.165, 1.54) is 0 Å². The quantitative estimate of drug-likeness (QED) is 0.807. The number of rotatable bonds is 7. The topological polar surface area (TPSA) is 46.5 Å². The van der Waals surface area contributed by atoms with Crippen LogP contribution in [-0.4, -0.2) is 18.2 Å². The van der Waals surface area contributed by atoms with Crippen molar-refractivity contribution in [1.29, 1.82) is 0 Å². The maximum Gasteiger partial charge on any atom is 0.306 e. The molecule has 0 spiro atoms. The van der Waals surface area contributed by atoms with Crippen LogP contribution in [0.15, 0.2) is 24.3 Å². The highest BCUT2D eigenvalue weighted by Gasteiger charge is 2.20. The van der Waals surface area contributed by atoms with E-state index in [2.05, 4.69) is 13.8 Å². The highest BCUT2D eigenvalue weighted by Crippen LogP contribution is 2.22. The van der Waals surface area contributed by atoms with E-state index in [0.29, 0.717) is 12.3 Å². The molecule has 0 aromatic heterocycles. The summed E-state index contributed by atoms with van der Waals surface area (Å²) in [5.74, 6) is 0.196. The Morgan fingerprint density at radius 1 is 1.44 bits per heavy atom. The largest absolute Gasteiger partial charge is 0.497 e. The van der Waals surface area contributed by atoms with E-state index in [9.17, 15) is 9.90 Å². The van der Waals surface area contributed by atoms with Crippen molar-refractivity contribution >= 4 is 5.97 Å². The van der Waals surface area contributed by atoms with Gasteiger partial charge in [0.15, 0.2) is 0 Å². The first-order valence-electron chi connectivity index (χ1n) is 6.42. The molecular formula is C15H22O3. The lowest BCUT2D eigenvalue weighted by molar-refractivity contribution is -0.142. The molecule has 0 aliphatic rings. The number of benzene rings is 1. The molecule has 0 aliphatic carbocycles. The Balaban J connectivity index is 2.73. The van der Waals surface area contributed by atoms with Crippen LogP contribution >= 0.6 is 0 Å². The van der Waals surface area contributed by atoms with E-state index in [0.717, 1.165) is 24.2 Å². The number of carboxylic acids is 1. The minimum absolute atomic E-state index is 0.313. The van der Waals surface area contributed by atoms with Crippen LogP contribution in [0.1, 0.15) is 32.3 Å². The Labute approximate surface area is 109 Å². The van der Waals surface area contributed by atoms with Gasteiger partial charge in [-0.15, -0.1) is 0 Å². The molecular weight excluding hydrogens is 228 g/mol. The van der Waals surface area contributed by atoms with E-state index in [1.54, 1.807) is 7.11 Å². The zero-order valence-corrected chi connectivity index (χ0v) is 11.3. The molecule has 0 fully saturated rings. The van der Waals surface area contributed by atoms with Gasteiger partial charge in [0, 0.05) is 0 Å². The molecule has 0 radical (unpaired) electrons. The molecule has 1 rings (SSSR count). The van der Waals surface area contributed by atoms with Crippen molar-refractivity contribution in [3.8, 4) is 5.75 Å². The Bertz CT molecular complexity index is 387. The summed E-state index contributed by atoms with van der Waals surface area (Å²) in [5, 5.41) is 9.27. The summed E-state index contributed by atoms with van der Waals surface area (Å²) in [7, 11) is 1.62. The van der Waals surface area contributed by atoms with E-state index < -0.39 is 5.97 Å². The molecule has 0 aliphatic heterocycles. The molecule has 1 aromatic carbocycles. The van der Waals surface area contributed by atoms with E-state index in [4.69, 9.17) is 4.74 Å². The SMILES string of the molecule is CCC(C)CC(Cc1cccc(OC)c1)C(=O)O. The zero-order valence-electron chi connectivity index (χ0n) is 11.3. The molecule has 18 heavy (non-hydrogen) atoms. The molecule has 1 N–H and O–H groups in total. The fraction of sp³-hybridized carbons (Fsp3) is 0.533. The van der Waals surface area contributed by atoms with Gasteiger partial charge in [-0.1, -0.05) is 32.4 Å². The summed E-state index contributed by atoms with van der Waals surface area (Å²) < 4.78 is 5.15. The van der Waals surface area contributed by atoms with Crippen molar-refractivity contribution in [2.75, 3.05) is 7.11 Å². The van der Waals surface area contributed by atoms with Gasteiger partial charge in [0.1, 0.15) is 5.75 Å².